The minimum absolute atomic E-state index is 0.139. The predicted molar refractivity (Wildman–Crippen MR) is 66.8 cm³/mol. The molecule has 0 spiro atoms. The van der Waals surface area contributed by atoms with E-state index >= 15 is 0 Å². The predicted octanol–water partition coefficient (Wildman–Crippen LogP) is 0.765. The van der Waals surface area contributed by atoms with E-state index in [2.05, 4.69) is 5.32 Å². The molecule has 1 aromatic rings. The zero-order valence-electron chi connectivity index (χ0n) is 10.6. The molecular weight excluding hydrogens is 244 g/mol. The largest absolute Gasteiger partial charge is 0.312 e. The van der Waals surface area contributed by atoms with Crippen LogP contribution >= 0.6 is 0 Å². The van der Waals surface area contributed by atoms with Crippen LogP contribution in [0.2, 0.25) is 0 Å². The molecule has 0 radical (unpaired) electrons. The van der Waals surface area contributed by atoms with Crippen LogP contribution in [0, 0.1) is 0 Å². The number of amides is 3. The lowest BCUT2D eigenvalue weighted by atomic mass is 9.90. The highest BCUT2D eigenvalue weighted by Crippen LogP contribution is 2.40. The minimum Gasteiger partial charge on any atom is -0.312 e. The molecule has 2 heterocycles. The lowest BCUT2D eigenvalue weighted by Gasteiger charge is -2.42. The van der Waals surface area contributed by atoms with Gasteiger partial charge in [0.2, 0.25) is 5.91 Å². The van der Waals surface area contributed by atoms with Gasteiger partial charge in [0.15, 0.2) is 0 Å². The van der Waals surface area contributed by atoms with Crippen LogP contribution < -0.4 is 5.32 Å². The van der Waals surface area contributed by atoms with Gasteiger partial charge >= 0.3 is 0 Å². The van der Waals surface area contributed by atoms with Crippen molar-refractivity contribution in [1.82, 2.24) is 10.2 Å². The zero-order valence-corrected chi connectivity index (χ0v) is 10.6. The van der Waals surface area contributed by atoms with E-state index in [1.165, 1.54) is 4.90 Å². The average molecular weight is 258 g/mol. The fourth-order valence-corrected chi connectivity index (χ4v) is 2.89. The number of hydrogen-bond acceptors (Lipinski definition) is 3. The summed E-state index contributed by atoms with van der Waals surface area (Å²) in [5.74, 6) is -0.945. The van der Waals surface area contributed by atoms with Crippen LogP contribution in [0.5, 0.6) is 0 Å². The van der Waals surface area contributed by atoms with Crippen molar-refractivity contribution >= 4 is 17.7 Å². The molecule has 1 aromatic carbocycles. The summed E-state index contributed by atoms with van der Waals surface area (Å²) in [7, 11) is 0. The fraction of sp³-hybridized carbons (Fsp3) is 0.357. The van der Waals surface area contributed by atoms with Gasteiger partial charge in [-0.05, 0) is 18.9 Å². The Hall–Kier alpha value is -2.17. The zero-order chi connectivity index (χ0) is 13.6. The Morgan fingerprint density at radius 3 is 2.58 bits per heavy atom. The van der Waals surface area contributed by atoms with Crippen molar-refractivity contribution in [1.29, 1.82) is 0 Å². The molecule has 1 N–H and O–H groups in total. The number of benzene rings is 1. The smallest absolute Gasteiger partial charge is 0.254 e. The molecule has 5 heteroatoms. The second-order valence-corrected chi connectivity index (χ2v) is 5.17. The lowest BCUT2D eigenvalue weighted by molar-refractivity contribution is -0.156. The number of nitrogens with one attached hydrogen (secondary N) is 1. The van der Waals surface area contributed by atoms with Crippen molar-refractivity contribution in [3.8, 4) is 0 Å². The van der Waals surface area contributed by atoms with E-state index in [0.717, 1.165) is 5.56 Å². The van der Waals surface area contributed by atoms with Crippen molar-refractivity contribution in [3.05, 3.63) is 35.9 Å². The number of piperazine rings is 1. The number of fused-ring (bicyclic) bond motifs is 1. The normalized spacial score (nSPS) is 30.3. The van der Waals surface area contributed by atoms with Crippen LogP contribution in [0.4, 0.5) is 0 Å². The Labute approximate surface area is 110 Å². The van der Waals surface area contributed by atoms with Gasteiger partial charge in [0.1, 0.15) is 11.6 Å². The van der Waals surface area contributed by atoms with Crippen LogP contribution in [0.3, 0.4) is 0 Å². The quantitative estimate of drug-likeness (QED) is 0.756. The summed E-state index contributed by atoms with van der Waals surface area (Å²) in [6, 6.07) is 8.37. The van der Waals surface area contributed by atoms with Crippen LogP contribution in [0.15, 0.2) is 30.3 Å². The minimum atomic E-state index is -0.911. The number of carbonyl (C=O) groups is 3. The Kier molecular flexibility index (Phi) is 2.45. The van der Waals surface area contributed by atoms with Gasteiger partial charge < -0.3 is 4.90 Å². The topological polar surface area (TPSA) is 66.5 Å². The molecule has 0 unspecified atom stereocenters. The number of imide groups is 1. The number of nitrogens with zero attached hydrogens (tertiary/aromatic N) is 1. The maximum Gasteiger partial charge on any atom is 0.254 e. The molecule has 0 aliphatic carbocycles. The molecule has 0 saturated carbocycles. The fourth-order valence-electron chi connectivity index (χ4n) is 2.89. The SMILES string of the molecule is C[C@@]12CCC(=O)N1[C@@H](c1ccccc1)C(=O)NC2=O. The molecule has 2 fully saturated rings. The molecule has 19 heavy (non-hydrogen) atoms. The molecule has 0 bridgehead atoms. The number of carbonyl (C=O) groups excluding carboxylic acids is 3. The van der Waals surface area contributed by atoms with E-state index in [1.54, 1.807) is 19.1 Å². The maximum absolute atomic E-state index is 12.1. The highest BCUT2D eigenvalue weighted by Gasteiger charge is 2.56. The van der Waals surface area contributed by atoms with Crippen molar-refractivity contribution in [2.75, 3.05) is 0 Å². The second-order valence-electron chi connectivity index (χ2n) is 5.17. The van der Waals surface area contributed by atoms with E-state index in [0.29, 0.717) is 12.8 Å². The Morgan fingerprint density at radius 1 is 1.21 bits per heavy atom. The molecule has 0 aromatic heterocycles. The number of hydrogen-bond donors (Lipinski definition) is 1. The summed E-state index contributed by atoms with van der Waals surface area (Å²) in [5, 5.41) is 2.39. The Bertz CT molecular complexity index is 569. The molecule has 2 atom stereocenters. The molecule has 2 saturated heterocycles. The first-order valence-electron chi connectivity index (χ1n) is 6.26. The molecule has 5 nitrogen and oxygen atoms in total. The van der Waals surface area contributed by atoms with Crippen LogP contribution in [-0.2, 0) is 14.4 Å². The standard InChI is InChI=1S/C14H14N2O3/c1-14-8-7-10(17)16(14)11(12(18)15-13(14)19)9-5-3-2-4-6-9/h2-6,11H,7-8H2,1H3,(H,15,18,19)/t11-,14-/m0/s1. The van der Waals surface area contributed by atoms with Gasteiger partial charge in [-0.3, -0.25) is 19.7 Å². The van der Waals surface area contributed by atoms with Gasteiger partial charge in [-0.15, -0.1) is 0 Å². The third-order valence-electron chi connectivity index (χ3n) is 3.97. The van der Waals surface area contributed by atoms with Crippen molar-refractivity contribution < 1.29 is 14.4 Å². The first-order valence-corrected chi connectivity index (χ1v) is 6.26. The monoisotopic (exact) mass is 258 g/mol. The molecule has 3 amide bonds. The molecule has 2 aliphatic rings. The highest BCUT2D eigenvalue weighted by molar-refractivity contribution is 6.09. The maximum atomic E-state index is 12.1. The Morgan fingerprint density at radius 2 is 1.89 bits per heavy atom. The van der Waals surface area contributed by atoms with Crippen LogP contribution in [0.25, 0.3) is 0 Å². The van der Waals surface area contributed by atoms with Gasteiger partial charge in [0, 0.05) is 6.42 Å². The van der Waals surface area contributed by atoms with Gasteiger partial charge in [-0.2, -0.15) is 0 Å². The van der Waals surface area contributed by atoms with Gasteiger partial charge in [-0.1, -0.05) is 30.3 Å². The first-order chi connectivity index (χ1) is 9.04. The van der Waals surface area contributed by atoms with E-state index < -0.39 is 17.5 Å². The summed E-state index contributed by atoms with van der Waals surface area (Å²) < 4.78 is 0. The Balaban J connectivity index is 2.10. The van der Waals surface area contributed by atoms with Gasteiger partial charge in [-0.25, -0.2) is 0 Å². The third kappa shape index (κ3) is 1.58. The van der Waals surface area contributed by atoms with Gasteiger partial charge in [0.25, 0.3) is 11.8 Å². The van der Waals surface area contributed by atoms with Crippen molar-refractivity contribution in [2.24, 2.45) is 0 Å². The van der Waals surface area contributed by atoms with Crippen molar-refractivity contribution in [3.63, 3.8) is 0 Å². The lowest BCUT2D eigenvalue weighted by Crippen LogP contribution is -2.64. The summed E-state index contributed by atoms with van der Waals surface area (Å²) in [5.41, 5.74) is -0.181. The van der Waals surface area contributed by atoms with Crippen molar-refractivity contribution in [2.45, 2.75) is 31.3 Å². The molecule has 2 aliphatic heterocycles. The molecule has 3 rings (SSSR count). The van der Waals surface area contributed by atoms with Crippen LogP contribution in [0.1, 0.15) is 31.4 Å². The molecular formula is C14H14N2O3. The summed E-state index contributed by atoms with van der Waals surface area (Å²) in [4.78, 5) is 37.6. The number of rotatable bonds is 1. The van der Waals surface area contributed by atoms with E-state index in [4.69, 9.17) is 0 Å². The summed E-state index contributed by atoms with van der Waals surface area (Å²) in [6.07, 6.45) is 0.759. The van der Waals surface area contributed by atoms with Gasteiger partial charge in [0.05, 0.1) is 0 Å². The van der Waals surface area contributed by atoms with Crippen LogP contribution in [-0.4, -0.2) is 28.2 Å². The summed E-state index contributed by atoms with van der Waals surface area (Å²) >= 11 is 0. The second kappa shape index (κ2) is 3.91. The van der Waals surface area contributed by atoms with E-state index in [9.17, 15) is 14.4 Å². The highest BCUT2D eigenvalue weighted by atomic mass is 16.2. The first kappa shape index (κ1) is 11.9. The summed E-state index contributed by atoms with van der Waals surface area (Å²) in [6.45, 7) is 1.72. The third-order valence-corrected chi connectivity index (χ3v) is 3.97. The van der Waals surface area contributed by atoms with E-state index in [1.807, 2.05) is 18.2 Å². The average Bonchev–Trinajstić information content (AvgIpc) is 2.70. The molecule has 98 valence electrons. The van der Waals surface area contributed by atoms with E-state index in [-0.39, 0.29) is 11.8 Å².